The van der Waals surface area contributed by atoms with Gasteiger partial charge in [0.05, 0.1) is 29.6 Å². The van der Waals surface area contributed by atoms with Crippen molar-refractivity contribution in [3.8, 4) is 11.3 Å². The van der Waals surface area contributed by atoms with Crippen molar-refractivity contribution < 1.29 is 9.53 Å². The molecule has 0 radical (unpaired) electrons. The molecule has 0 aliphatic rings. The molecule has 4 rings (SSSR count). The van der Waals surface area contributed by atoms with Crippen LogP contribution in [-0.4, -0.2) is 40.4 Å². The molecular formula is C25H25N5O2. The first-order chi connectivity index (χ1) is 15.6. The Hall–Kier alpha value is -3.84. The third-order valence-electron chi connectivity index (χ3n) is 5.44. The maximum atomic E-state index is 13.0. The maximum absolute atomic E-state index is 13.0. The van der Waals surface area contributed by atoms with E-state index < -0.39 is 0 Å². The fourth-order valence-corrected chi connectivity index (χ4v) is 3.74. The summed E-state index contributed by atoms with van der Waals surface area (Å²) in [6.45, 7) is 5.49. The van der Waals surface area contributed by atoms with Crippen LogP contribution in [0.4, 0.5) is 0 Å². The molecule has 0 aliphatic heterocycles. The number of hydrogen-bond donors (Lipinski definition) is 1. The second-order valence-electron chi connectivity index (χ2n) is 7.48. The topological polar surface area (TPSA) is 81.4 Å². The van der Waals surface area contributed by atoms with Crippen LogP contribution in [-0.2, 0) is 11.3 Å². The number of amides is 1. The largest absolute Gasteiger partial charge is 0.383 e. The molecule has 32 heavy (non-hydrogen) atoms. The monoisotopic (exact) mass is 427 g/mol. The molecule has 3 heterocycles. The number of carbonyl (C=O) groups excluding carboxylic acids is 1. The zero-order chi connectivity index (χ0) is 22.5. The molecule has 1 amide bonds. The second-order valence-corrected chi connectivity index (χ2v) is 7.48. The number of nitrogens with zero attached hydrogens (tertiary/aromatic N) is 4. The van der Waals surface area contributed by atoms with Gasteiger partial charge in [0, 0.05) is 53.9 Å². The van der Waals surface area contributed by atoms with Gasteiger partial charge in [-0.15, -0.1) is 0 Å². The summed E-state index contributed by atoms with van der Waals surface area (Å²) in [7, 11) is 1.69. The SMILES string of the molecule is COCCn1c(C)cc(/C=N/NC(=O)c2cc(-c3ccncc3)nc3ccccc23)c1C. The van der Waals surface area contributed by atoms with Crippen molar-refractivity contribution in [1.29, 1.82) is 0 Å². The number of pyridine rings is 2. The minimum Gasteiger partial charge on any atom is -0.383 e. The van der Waals surface area contributed by atoms with Crippen LogP contribution >= 0.6 is 0 Å². The van der Waals surface area contributed by atoms with Crippen LogP contribution in [0, 0.1) is 13.8 Å². The van der Waals surface area contributed by atoms with E-state index in [2.05, 4.69) is 20.1 Å². The molecule has 0 unspecified atom stereocenters. The fraction of sp³-hybridized carbons (Fsp3) is 0.200. The number of nitrogens with one attached hydrogen (secondary N) is 1. The molecule has 7 nitrogen and oxygen atoms in total. The lowest BCUT2D eigenvalue weighted by molar-refractivity contribution is 0.0956. The van der Waals surface area contributed by atoms with Crippen molar-refractivity contribution >= 4 is 23.0 Å². The summed E-state index contributed by atoms with van der Waals surface area (Å²) >= 11 is 0. The predicted octanol–water partition coefficient (Wildman–Crippen LogP) is 4.13. The van der Waals surface area contributed by atoms with Gasteiger partial charge in [-0.3, -0.25) is 9.78 Å². The summed E-state index contributed by atoms with van der Waals surface area (Å²) in [6.07, 6.45) is 5.09. The van der Waals surface area contributed by atoms with Gasteiger partial charge in [-0.2, -0.15) is 5.10 Å². The lowest BCUT2D eigenvalue weighted by atomic mass is 10.0. The Morgan fingerprint density at radius 3 is 2.72 bits per heavy atom. The number of carbonyl (C=O) groups is 1. The van der Waals surface area contributed by atoms with Gasteiger partial charge in [-0.1, -0.05) is 18.2 Å². The van der Waals surface area contributed by atoms with Gasteiger partial charge in [-0.25, -0.2) is 10.4 Å². The van der Waals surface area contributed by atoms with Crippen LogP contribution in [0.2, 0.25) is 0 Å². The molecule has 0 bridgehead atoms. The van der Waals surface area contributed by atoms with E-state index in [1.165, 1.54) is 0 Å². The lowest BCUT2D eigenvalue weighted by Gasteiger charge is -2.09. The normalized spacial score (nSPS) is 11.3. The van der Waals surface area contributed by atoms with E-state index >= 15 is 0 Å². The number of fused-ring (bicyclic) bond motifs is 1. The van der Waals surface area contributed by atoms with E-state index in [4.69, 9.17) is 9.72 Å². The van der Waals surface area contributed by atoms with Gasteiger partial charge >= 0.3 is 0 Å². The van der Waals surface area contributed by atoms with Crippen molar-refractivity contribution in [1.82, 2.24) is 20.0 Å². The highest BCUT2D eigenvalue weighted by molar-refractivity contribution is 6.07. The summed E-state index contributed by atoms with van der Waals surface area (Å²) in [5, 5.41) is 5.00. The number of hydrazone groups is 1. The summed E-state index contributed by atoms with van der Waals surface area (Å²) in [6, 6.07) is 15.2. The molecule has 0 saturated carbocycles. The smallest absolute Gasteiger partial charge is 0.272 e. The third-order valence-corrected chi connectivity index (χ3v) is 5.44. The molecule has 0 atom stereocenters. The number of benzene rings is 1. The Labute approximate surface area is 186 Å². The van der Waals surface area contributed by atoms with Crippen molar-refractivity contribution in [3.05, 3.63) is 83.4 Å². The van der Waals surface area contributed by atoms with Crippen LogP contribution in [0.25, 0.3) is 22.2 Å². The van der Waals surface area contributed by atoms with Gasteiger partial charge in [0.25, 0.3) is 5.91 Å². The first-order valence-electron chi connectivity index (χ1n) is 10.4. The summed E-state index contributed by atoms with van der Waals surface area (Å²) in [5.41, 5.74) is 8.70. The second kappa shape index (κ2) is 9.53. The van der Waals surface area contributed by atoms with Crippen molar-refractivity contribution in [2.24, 2.45) is 5.10 Å². The van der Waals surface area contributed by atoms with Crippen molar-refractivity contribution in [2.75, 3.05) is 13.7 Å². The standard InChI is InChI=1S/C25H25N5O2/c1-17-14-20(18(2)30(17)12-13-32-3)16-27-29-25(31)22-15-24(19-8-10-26-11-9-19)28-23-7-5-4-6-21(22)23/h4-11,14-16H,12-13H2,1-3H3,(H,29,31)/b27-16+. The highest BCUT2D eigenvalue weighted by Crippen LogP contribution is 2.24. The van der Waals surface area contributed by atoms with Crippen LogP contribution in [0.3, 0.4) is 0 Å². The molecule has 3 aromatic heterocycles. The van der Waals surface area contributed by atoms with Gasteiger partial charge in [0.2, 0.25) is 0 Å². The number of hydrogen-bond acceptors (Lipinski definition) is 5. The summed E-state index contributed by atoms with van der Waals surface area (Å²) < 4.78 is 7.35. The van der Waals surface area contributed by atoms with Crippen molar-refractivity contribution in [3.63, 3.8) is 0 Å². The molecule has 0 aliphatic carbocycles. The predicted molar refractivity (Wildman–Crippen MR) is 126 cm³/mol. The van der Waals surface area contributed by atoms with Crippen molar-refractivity contribution in [2.45, 2.75) is 20.4 Å². The maximum Gasteiger partial charge on any atom is 0.272 e. The molecule has 7 heteroatoms. The van der Waals surface area contributed by atoms with E-state index in [-0.39, 0.29) is 5.91 Å². The van der Waals surface area contributed by atoms with E-state index in [1.807, 2.05) is 56.3 Å². The number of methoxy groups -OCH3 is 1. The van der Waals surface area contributed by atoms with E-state index in [9.17, 15) is 4.79 Å². The van der Waals surface area contributed by atoms with Gasteiger partial charge in [0.15, 0.2) is 0 Å². The number of para-hydroxylation sites is 1. The minimum atomic E-state index is -0.289. The average molecular weight is 428 g/mol. The zero-order valence-corrected chi connectivity index (χ0v) is 18.4. The quantitative estimate of drug-likeness (QED) is 0.355. The molecule has 0 spiro atoms. The number of ether oxygens (including phenoxy) is 1. The van der Waals surface area contributed by atoms with E-state index in [1.54, 1.807) is 31.8 Å². The van der Waals surface area contributed by atoms with Crippen LogP contribution in [0.5, 0.6) is 0 Å². The highest BCUT2D eigenvalue weighted by Gasteiger charge is 2.14. The van der Waals surface area contributed by atoms with E-state index in [0.29, 0.717) is 17.9 Å². The molecule has 1 aromatic carbocycles. The highest BCUT2D eigenvalue weighted by atomic mass is 16.5. The molecule has 0 saturated heterocycles. The molecule has 4 aromatic rings. The number of aryl methyl sites for hydroxylation is 1. The van der Waals surface area contributed by atoms with Crippen LogP contribution in [0.15, 0.2) is 66.0 Å². The third kappa shape index (κ3) is 4.43. The number of aromatic nitrogens is 3. The summed E-state index contributed by atoms with van der Waals surface area (Å²) in [4.78, 5) is 21.8. The molecule has 162 valence electrons. The van der Waals surface area contributed by atoms with Gasteiger partial charge in [0.1, 0.15) is 0 Å². The average Bonchev–Trinajstić information content (AvgIpc) is 3.09. The Balaban J connectivity index is 1.61. The number of rotatable bonds is 7. The minimum absolute atomic E-state index is 0.289. The molecule has 1 N–H and O–H groups in total. The van der Waals surface area contributed by atoms with Gasteiger partial charge in [-0.05, 0) is 44.2 Å². The summed E-state index contributed by atoms with van der Waals surface area (Å²) in [5.74, 6) is -0.289. The zero-order valence-electron chi connectivity index (χ0n) is 18.4. The molecule has 0 fully saturated rings. The Morgan fingerprint density at radius 1 is 1.16 bits per heavy atom. The Kier molecular flexibility index (Phi) is 6.37. The van der Waals surface area contributed by atoms with Gasteiger partial charge < -0.3 is 9.30 Å². The lowest BCUT2D eigenvalue weighted by Crippen LogP contribution is -2.18. The first kappa shape index (κ1) is 21.4. The Morgan fingerprint density at radius 2 is 1.94 bits per heavy atom. The van der Waals surface area contributed by atoms with E-state index in [0.717, 1.165) is 40.0 Å². The molecular weight excluding hydrogens is 402 g/mol. The van der Waals surface area contributed by atoms with Crippen LogP contribution < -0.4 is 5.43 Å². The first-order valence-corrected chi connectivity index (χ1v) is 10.4. The van der Waals surface area contributed by atoms with Crippen LogP contribution in [0.1, 0.15) is 27.3 Å². The Bertz CT molecular complexity index is 1280. The fourth-order valence-electron chi connectivity index (χ4n) is 3.74.